The Balaban J connectivity index is 0.000000223. The molecule has 1 saturated heterocycles. The molecule has 0 bridgehead atoms. The van der Waals surface area contributed by atoms with E-state index in [0.29, 0.717) is 0 Å². The lowest BCUT2D eigenvalue weighted by Crippen LogP contribution is -2.05. The molecule has 13 heavy (non-hydrogen) atoms. The number of hydrogen-bond acceptors (Lipinski definition) is 2. The average molecular weight is 186 g/mol. The summed E-state index contributed by atoms with van der Waals surface area (Å²) in [6.45, 7) is 8.04. The first-order valence-corrected chi connectivity index (χ1v) is 5.23. The van der Waals surface area contributed by atoms with Crippen LogP contribution in [0.2, 0.25) is 0 Å². The summed E-state index contributed by atoms with van der Waals surface area (Å²) in [5.74, 6) is 0. The van der Waals surface area contributed by atoms with Crippen molar-refractivity contribution in [2.45, 2.75) is 46.5 Å². The molecule has 0 unspecified atom stereocenters. The van der Waals surface area contributed by atoms with Crippen LogP contribution in [0.3, 0.4) is 0 Å². The molecule has 0 N–H and O–H groups in total. The highest BCUT2D eigenvalue weighted by atomic mass is 17.2. The van der Waals surface area contributed by atoms with E-state index in [1.54, 1.807) is 5.57 Å². The number of allylic oxidation sites excluding steroid dienone is 2. The normalized spacial score (nSPS) is 15.6. The fourth-order valence-corrected chi connectivity index (χ4v) is 1.10. The van der Waals surface area contributed by atoms with Crippen LogP contribution in [0.1, 0.15) is 46.5 Å². The lowest BCUT2D eigenvalue weighted by Gasteiger charge is -2.07. The van der Waals surface area contributed by atoms with E-state index in [4.69, 9.17) is 0 Å². The first-order valence-electron chi connectivity index (χ1n) is 5.23. The maximum atomic E-state index is 4.57. The van der Waals surface area contributed by atoms with Crippen LogP contribution in [-0.4, -0.2) is 13.2 Å². The van der Waals surface area contributed by atoms with Crippen LogP contribution in [0.25, 0.3) is 0 Å². The van der Waals surface area contributed by atoms with E-state index in [2.05, 4.69) is 36.6 Å². The number of rotatable bonds is 2. The van der Waals surface area contributed by atoms with E-state index in [1.807, 2.05) is 0 Å². The first kappa shape index (κ1) is 12.7. The highest BCUT2D eigenvalue weighted by molar-refractivity contribution is 4.97. The SMILES string of the molecule is C1CCOOC1.CC=C(CC)CC. The Morgan fingerprint density at radius 1 is 1.08 bits per heavy atom. The van der Waals surface area contributed by atoms with Gasteiger partial charge in [0, 0.05) is 0 Å². The van der Waals surface area contributed by atoms with E-state index >= 15 is 0 Å². The van der Waals surface area contributed by atoms with Crippen LogP contribution in [0, 0.1) is 0 Å². The topological polar surface area (TPSA) is 18.5 Å². The summed E-state index contributed by atoms with van der Waals surface area (Å²) in [4.78, 5) is 9.14. The molecule has 2 heteroatoms. The summed E-state index contributed by atoms with van der Waals surface area (Å²) in [6.07, 6.45) is 6.93. The zero-order valence-electron chi connectivity index (χ0n) is 9.14. The van der Waals surface area contributed by atoms with Gasteiger partial charge in [-0.1, -0.05) is 25.5 Å². The van der Waals surface area contributed by atoms with Gasteiger partial charge in [-0.3, -0.25) is 0 Å². The maximum Gasteiger partial charge on any atom is 0.0823 e. The maximum absolute atomic E-state index is 4.57. The van der Waals surface area contributed by atoms with Crippen molar-refractivity contribution in [2.75, 3.05) is 13.2 Å². The zero-order valence-corrected chi connectivity index (χ0v) is 9.14. The smallest absolute Gasteiger partial charge is 0.0823 e. The van der Waals surface area contributed by atoms with Gasteiger partial charge in [0.2, 0.25) is 0 Å². The molecule has 1 rings (SSSR count). The molecule has 78 valence electrons. The summed E-state index contributed by atoms with van der Waals surface area (Å²) in [7, 11) is 0. The molecule has 0 saturated carbocycles. The Labute approximate surface area is 81.9 Å². The van der Waals surface area contributed by atoms with Crippen molar-refractivity contribution in [2.24, 2.45) is 0 Å². The van der Waals surface area contributed by atoms with Gasteiger partial charge in [-0.2, -0.15) is 0 Å². The Morgan fingerprint density at radius 2 is 1.54 bits per heavy atom. The van der Waals surface area contributed by atoms with Crippen molar-refractivity contribution in [3.63, 3.8) is 0 Å². The fraction of sp³-hybridized carbons (Fsp3) is 0.818. The van der Waals surface area contributed by atoms with Gasteiger partial charge >= 0.3 is 0 Å². The predicted octanol–water partition coefficient (Wildman–Crippen LogP) is 3.48. The molecule has 1 aliphatic heterocycles. The molecule has 0 aromatic rings. The minimum atomic E-state index is 0.778. The second-order valence-corrected chi connectivity index (χ2v) is 3.01. The van der Waals surface area contributed by atoms with Gasteiger partial charge in [-0.15, -0.1) is 0 Å². The van der Waals surface area contributed by atoms with Gasteiger partial charge in [0.1, 0.15) is 0 Å². The Bertz CT molecular complexity index is 109. The van der Waals surface area contributed by atoms with Gasteiger partial charge in [-0.05, 0) is 32.6 Å². The van der Waals surface area contributed by atoms with Crippen molar-refractivity contribution in [1.29, 1.82) is 0 Å². The second-order valence-electron chi connectivity index (χ2n) is 3.01. The molecule has 1 fully saturated rings. The molecule has 1 aliphatic rings. The summed E-state index contributed by atoms with van der Waals surface area (Å²) >= 11 is 0. The van der Waals surface area contributed by atoms with Crippen LogP contribution < -0.4 is 0 Å². The van der Waals surface area contributed by atoms with Crippen LogP contribution in [0.4, 0.5) is 0 Å². The second kappa shape index (κ2) is 9.75. The lowest BCUT2D eigenvalue weighted by molar-refractivity contribution is -0.312. The van der Waals surface area contributed by atoms with Gasteiger partial charge < -0.3 is 0 Å². The van der Waals surface area contributed by atoms with E-state index in [9.17, 15) is 0 Å². The molecule has 1 heterocycles. The van der Waals surface area contributed by atoms with E-state index in [-0.39, 0.29) is 0 Å². The van der Waals surface area contributed by atoms with Crippen LogP contribution in [0.5, 0.6) is 0 Å². The molecule has 0 amide bonds. The Morgan fingerprint density at radius 3 is 1.62 bits per heavy atom. The first-order chi connectivity index (χ1) is 6.35. The highest BCUT2D eigenvalue weighted by Gasteiger charge is 1.95. The Hall–Kier alpha value is -0.340. The fourth-order valence-electron chi connectivity index (χ4n) is 1.10. The average Bonchev–Trinajstić information content (AvgIpc) is 2.24. The highest BCUT2D eigenvalue weighted by Crippen LogP contribution is 2.02. The summed E-state index contributed by atoms with van der Waals surface area (Å²) in [5, 5.41) is 0. The minimum absolute atomic E-state index is 0.778. The van der Waals surface area contributed by atoms with E-state index in [1.165, 1.54) is 12.8 Å². The predicted molar refractivity (Wildman–Crippen MR) is 55.5 cm³/mol. The van der Waals surface area contributed by atoms with Crippen molar-refractivity contribution < 1.29 is 9.78 Å². The van der Waals surface area contributed by atoms with Gasteiger partial charge in [0.05, 0.1) is 13.2 Å². The Kier molecular flexibility index (Phi) is 9.49. The monoisotopic (exact) mass is 186 g/mol. The van der Waals surface area contributed by atoms with Crippen LogP contribution in [-0.2, 0) is 9.78 Å². The molecular formula is C11H22O2. The molecule has 0 radical (unpaired) electrons. The van der Waals surface area contributed by atoms with Crippen molar-refractivity contribution >= 4 is 0 Å². The third kappa shape index (κ3) is 8.00. The third-order valence-electron chi connectivity index (χ3n) is 2.11. The van der Waals surface area contributed by atoms with E-state index < -0.39 is 0 Å². The van der Waals surface area contributed by atoms with Crippen LogP contribution >= 0.6 is 0 Å². The standard InChI is InChI=1S/C7H14.C4H8O2/c1-4-7(5-2)6-3;1-2-4-6-5-3-1/h4H,5-6H2,1-3H3;1-4H2. The quantitative estimate of drug-likeness (QED) is 0.485. The van der Waals surface area contributed by atoms with Gasteiger partial charge in [-0.25, -0.2) is 9.78 Å². The summed E-state index contributed by atoms with van der Waals surface area (Å²) < 4.78 is 0. The zero-order chi connectivity index (χ0) is 9.94. The van der Waals surface area contributed by atoms with Gasteiger partial charge in [0.25, 0.3) is 0 Å². The summed E-state index contributed by atoms with van der Waals surface area (Å²) in [5.41, 5.74) is 1.56. The molecule has 0 aromatic heterocycles. The molecular weight excluding hydrogens is 164 g/mol. The van der Waals surface area contributed by atoms with Crippen molar-refractivity contribution in [3.8, 4) is 0 Å². The van der Waals surface area contributed by atoms with Gasteiger partial charge in [0.15, 0.2) is 0 Å². The molecule has 0 aromatic carbocycles. The van der Waals surface area contributed by atoms with Crippen molar-refractivity contribution in [1.82, 2.24) is 0 Å². The van der Waals surface area contributed by atoms with Crippen molar-refractivity contribution in [3.05, 3.63) is 11.6 Å². The largest absolute Gasteiger partial charge is 0.237 e. The van der Waals surface area contributed by atoms with E-state index in [0.717, 1.165) is 26.1 Å². The minimum Gasteiger partial charge on any atom is -0.237 e. The number of hydrogen-bond donors (Lipinski definition) is 0. The molecule has 0 aliphatic carbocycles. The lowest BCUT2D eigenvalue weighted by atomic mass is 10.1. The molecule has 0 spiro atoms. The van der Waals surface area contributed by atoms with Crippen LogP contribution in [0.15, 0.2) is 11.6 Å². The molecule has 0 atom stereocenters. The summed E-state index contributed by atoms with van der Waals surface area (Å²) in [6, 6.07) is 0. The third-order valence-corrected chi connectivity index (χ3v) is 2.11. The molecule has 2 nitrogen and oxygen atoms in total.